The first-order valence-electron chi connectivity index (χ1n) is 4.48. The summed E-state index contributed by atoms with van der Waals surface area (Å²) in [6.07, 6.45) is 6.21. The van der Waals surface area contributed by atoms with Crippen molar-refractivity contribution < 1.29 is 0 Å². The van der Waals surface area contributed by atoms with Crippen molar-refractivity contribution in [3.05, 3.63) is 0 Å². The summed E-state index contributed by atoms with van der Waals surface area (Å²) in [5, 5.41) is 0. The van der Waals surface area contributed by atoms with Crippen molar-refractivity contribution >= 4 is 15.9 Å². The molecule has 56 valence electrons. The van der Waals surface area contributed by atoms with Gasteiger partial charge >= 0.3 is 0 Å². The van der Waals surface area contributed by atoms with Gasteiger partial charge in [-0.1, -0.05) is 15.9 Å². The molecule has 4 fully saturated rings. The minimum absolute atomic E-state index is 0.898. The summed E-state index contributed by atoms with van der Waals surface area (Å²) in [5.41, 5.74) is 0. The van der Waals surface area contributed by atoms with Gasteiger partial charge in [0, 0.05) is 4.83 Å². The summed E-state index contributed by atoms with van der Waals surface area (Å²) in [6, 6.07) is 0. The van der Waals surface area contributed by atoms with Gasteiger partial charge in [0.1, 0.15) is 0 Å². The second kappa shape index (κ2) is 1.80. The smallest absolute Gasteiger partial charge is 0.0179 e. The van der Waals surface area contributed by atoms with Crippen molar-refractivity contribution in [1.82, 2.24) is 0 Å². The number of hydrogen-bond acceptors (Lipinski definition) is 0. The Labute approximate surface area is 70.5 Å². The first kappa shape index (κ1) is 6.05. The Morgan fingerprint density at radius 1 is 0.800 bits per heavy atom. The first-order chi connectivity index (χ1) is 4.84. The molecule has 0 N–H and O–H groups in total. The van der Waals surface area contributed by atoms with Crippen LogP contribution in [0.5, 0.6) is 0 Å². The Kier molecular flexibility index (Phi) is 1.09. The van der Waals surface area contributed by atoms with E-state index < -0.39 is 0 Å². The molecule has 0 radical (unpaired) electrons. The van der Waals surface area contributed by atoms with Gasteiger partial charge in [0.15, 0.2) is 0 Å². The molecule has 0 amide bonds. The zero-order valence-electron chi connectivity index (χ0n) is 6.09. The largest absolute Gasteiger partial charge is 0.0887 e. The molecule has 0 saturated heterocycles. The van der Waals surface area contributed by atoms with Crippen LogP contribution in [-0.4, -0.2) is 4.83 Å². The van der Waals surface area contributed by atoms with Gasteiger partial charge in [-0.3, -0.25) is 0 Å². The van der Waals surface area contributed by atoms with E-state index >= 15 is 0 Å². The van der Waals surface area contributed by atoms with E-state index in [1.54, 1.807) is 19.3 Å². The average molecular weight is 201 g/mol. The fourth-order valence-electron chi connectivity index (χ4n) is 3.37. The Bertz CT molecular complexity index is 156. The van der Waals surface area contributed by atoms with Gasteiger partial charge < -0.3 is 0 Å². The fourth-order valence-corrected chi connectivity index (χ4v) is 4.50. The molecule has 0 aromatic rings. The van der Waals surface area contributed by atoms with Crippen molar-refractivity contribution in [2.24, 2.45) is 23.7 Å². The third-order valence-corrected chi connectivity index (χ3v) is 5.10. The molecule has 0 spiro atoms. The van der Waals surface area contributed by atoms with E-state index in [9.17, 15) is 0 Å². The highest BCUT2D eigenvalue weighted by atomic mass is 79.9. The molecule has 10 heavy (non-hydrogen) atoms. The SMILES string of the molecule is BrC1CC2CC1C1CC2C1. The second-order valence-electron chi connectivity index (χ2n) is 4.40. The van der Waals surface area contributed by atoms with Crippen molar-refractivity contribution in [3.63, 3.8) is 0 Å². The van der Waals surface area contributed by atoms with Gasteiger partial charge in [-0.05, 0) is 49.4 Å². The standard InChI is InChI=1S/C9H13Br/c10-9-4-6-3-8(9)7-1-5(6)2-7/h5-9H,1-4H2. The summed E-state index contributed by atoms with van der Waals surface area (Å²) < 4.78 is 0. The number of halogens is 1. The van der Waals surface area contributed by atoms with E-state index in [2.05, 4.69) is 15.9 Å². The Balaban J connectivity index is 1.94. The zero-order chi connectivity index (χ0) is 6.72. The molecule has 0 heterocycles. The first-order valence-corrected chi connectivity index (χ1v) is 5.40. The molecule has 4 aliphatic rings. The third kappa shape index (κ3) is 0.585. The number of hydrogen-bond donors (Lipinski definition) is 0. The predicted octanol–water partition coefficient (Wildman–Crippen LogP) is 2.82. The van der Waals surface area contributed by atoms with Crippen LogP contribution in [-0.2, 0) is 0 Å². The lowest BCUT2D eigenvalue weighted by Crippen LogP contribution is -2.38. The van der Waals surface area contributed by atoms with Crippen LogP contribution in [0.15, 0.2) is 0 Å². The summed E-state index contributed by atoms with van der Waals surface area (Å²) in [6.45, 7) is 0. The monoisotopic (exact) mass is 200 g/mol. The second-order valence-corrected chi connectivity index (χ2v) is 5.58. The Morgan fingerprint density at radius 3 is 2.10 bits per heavy atom. The fraction of sp³-hybridized carbons (Fsp3) is 1.00. The van der Waals surface area contributed by atoms with E-state index in [1.165, 1.54) is 6.42 Å². The molecular weight excluding hydrogens is 188 g/mol. The molecule has 4 aliphatic carbocycles. The third-order valence-electron chi connectivity index (χ3n) is 4.05. The lowest BCUT2D eigenvalue weighted by atomic mass is 9.59. The molecule has 1 heteroatoms. The summed E-state index contributed by atoms with van der Waals surface area (Å²) >= 11 is 3.81. The average Bonchev–Trinajstić information content (AvgIpc) is 2.03. The molecular formula is C9H13Br. The van der Waals surface area contributed by atoms with Crippen LogP contribution in [0.4, 0.5) is 0 Å². The van der Waals surface area contributed by atoms with Crippen LogP contribution in [0, 0.1) is 23.7 Å². The highest BCUT2D eigenvalue weighted by Gasteiger charge is 2.52. The van der Waals surface area contributed by atoms with Crippen molar-refractivity contribution in [2.75, 3.05) is 0 Å². The normalized spacial score (nSPS) is 63.9. The van der Waals surface area contributed by atoms with Crippen LogP contribution in [0.1, 0.15) is 25.7 Å². The summed E-state index contributed by atoms with van der Waals surface area (Å²) in [4.78, 5) is 0.898. The van der Waals surface area contributed by atoms with Crippen LogP contribution in [0.2, 0.25) is 0 Å². The lowest BCUT2D eigenvalue weighted by Gasteiger charge is -2.46. The molecule has 3 unspecified atom stereocenters. The quantitative estimate of drug-likeness (QED) is 0.528. The van der Waals surface area contributed by atoms with E-state index in [-0.39, 0.29) is 0 Å². The topological polar surface area (TPSA) is 0 Å². The van der Waals surface area contributed by atoms with E-state index in [1.807, 2.05) is 0 Å². The number of alkyl halides is 1. The molecule has 0 aromatic heterocycles. The maximum Gasteiger partial charge on any atom is 0.0179 e. The van der Waals surface area contributed by atoms with E-state index in [4.69, 9.17) is 0 Å². The Hall–Kier alpha value is 0.480. The van der Waals surface area contributed by atoms with Gasteiger partial charge in [-0.15, -0.1) is 0 Å². The molecule has 0 aromatic carbocycles. The highest BCUT2D eigenvalue weighted by molar-refractivity contribution is 9.09. The minimum Gasteiger partial charge on any atom is -0.0887 e. The molecule has 3 atom stereocenters. The minimum atomic E-state index is 0.898. The zero-order valence-corrected chi connectivity index (χ0v) is 7.68. The lowest BCUT2D eigenvalue weighted by molar-refractivity contribution is 0.0405. The molecule has 4 saturated carbocycles. The van der Waals surface area contributed by atoms with Gasteiger partial charge in [-0.2, -0.15) is 0 Å². The van der Waals surface area contributed by atoms with Crippen LogP contribution in [0.25, 0.3) is 0 Å². The van der Waals surface area contributed by atoms with E-state index in [0.717, 1.165) is 28.5 Å². The molecule has 0 aliphatic heterocycles. The summed E-state index contributed by atoms with van der Waals surface area (Å²) in [5.74, 6) is 4.49. The maximum atomic E-state index is 3.81. The van der Waals surface area contributed by atoms with Gasteiger partial charge in [-0.25, -0.2) is 0 Å². The van der Waals surface area contributed by atoms with Crippen LogP contribution < -0.4 is 0 Å². The predicted molar refractivity (Wildman–Crippen MR) is 45.1 cm³/mol. The maximum absolute atomic E-state index is 3.81. The van der Waals surface area contributed by atoms with Gasteiger partial charge in [0.2, 0.25) is 0 Å². The highest BCUT2D eigenvalue weighted by Crippen LogP contribution is 2.60. The van der Waals surface area contributed by atoms with Crippen LogP contribution >= 0.6 is 15.9 Å². The molecule has 4 bridgehead atoms. The van der Waals surface area contributed by atoms with E-state index in [0.29, 0.717) is 0 Å². The van der Waals surface area contributed by atoms with Gasteiger partial charge in [0.05, 0.1) is 0 Å². The van der Waals surface area contributed by atoms with Crippen LogP contribution in [0.3, 0.4) is 0 Å². The Morgan fingerprint density at radius 2 is 1.50 bits per heavy atom. The van der Waals surface area contributed by atoms with Gasteiger partial charge in [0.25, 0.3) is 0 Å². The molecule has 0 nitrogen and oxygen atoms in total. The van der Waals surface area contributed by atoms with Crippen molar-refractivity contribution in [2.45, 2.75) is 30.5 Å². The van der Waals surface area contributed by atoms with Crippen molar-refractivity contribution in [1.29, 1.82) is 0 Å². The van der Waals surface area contributed by atoms with Crippen molar-refractivity contribution in [3.8, 4) is 0 Å². The summed E-state index contributed by atoms with van der Waals surface area (Å²) in [7, 11) is 0. The molecule has 4 rings (SSSR count). The number of rotatable bonds is 0.